The second-order valence-corrected chi connectivity index (χ2v) is 5.20. The van der Waals surface area contributed by atoms with Crippen LogP contribution in [0.3, 0.4) is 0 Å². The molecule has 1 aliphatic heterocycles. The maximum Gasteiger partial charge on any atom is 0.216 e. The fourth-order valence-electron chi connectivity index (χ4n) is 1.38. The zero-order valence-corrected chi connectivity index (χ0v) is 8.44. The molecule has 13 heavy (non-hydrogen) atoms. The Bertz CT molecular complexity index is 255. The van der Waals surface area contributed by atoms with Gasteiger partial charge in [0.05, 0.1) is 5.25 Å². The van der Waals surface area contributed by atoms with Gasteiger partial charge in [0, 0.05) is 13.1 Å². The summed E-state index contributed by atoms with van der Waals surface area (Å²) in [7, 11) is -3.13. The second kappa shape index (κ2) is 4.74. The molecule has 1 fully saturated rings. The van der Waals surface area contributed by atoms with Crippen molar-refractivity contribution in [2.75, 3.05) is 19.6 Å². The van der Waals surface area contributed by atoms with E-state index < -0.39 is 10.0 Å². The Morgan fingerprint density at radius 2 is 2.38 bits per heavy atom. The van der Waals surface area contributed by atoms with Crippen molar-refractivity contribution in [2.24, 2.45) is 0 Å². The standard InChI is InChI=1S/C8H16N2O2S/c1-2-5-10-13(11,12)8-4-3-6-9-7-8/h2,8-10H,1,3-7H2. The van der Waals surface area contributed by atoms with E-state index in [1.807, 2.05) is 0 Å². The van der Waals surface area contributed by atoms with Gasteiger partial charge in [-0.1, -0.05) is 6.08 Å². The highest BCUT2D eigenvalue weighted by molar-refractivity contribution is 7.90. The van der Waals surface area contributed by atoms with Crippen LogP contribution < -0.4 is 10.0 Å². The summed E-state index contributed by atoms with van der Waals surface area (Å²) in [6.07, 6.45) is 3.23. The minimum absolute atomic E-state index is 0.277. The van der Waals surface area contributed by atoms with E-state index >= 15 is 0 Å². The average Bonchev–Trinajstić information content (AvgIpc) is 2.16. The SMILES string of the molecule is C=CCNS(=O)(=O)C1CCCNC1. The van der Waals surface area contributed by atoms with E-state index in [0.29, 0.717) is 13.1 Å². The Balaban J connectivity index is 2.51. The Hall–Kier alpha value is -0.390. The van der Waals surface area contributed by atoms with E-state index in [4.69, 9.17) is 0 Å². The van der Waals surface area contributed by atoms with Crippen LogP contribution >= 0.6 is 0 Å². The molecule has 0 saturated carbocycles. The number of rotatable bonds is 4. The predicted molar refractivity (Wildman–Crippen MR) is 53.0 cm³/mol. The summed E-state index contributed by atoms with van der Waals surface area (Å²) in [5.74, 6) is 0. The van der Waals surface area contributed by atoms with E-state index in [1.54, 1.807) is 6.08 Å². The molecule has 1 atom stereocenters. The first kappa shape index (κ1) is 10.7. The fraction of sp³-hybridized carbons (Fsp3) is 0.750. The largest absolute Gasteiger partial charge is 0.315 e. The molecule has 0 aromatic carbocycles. The molecule has 0 aliphatic carbocycles. The lowest BCUT2D eigenvalue weighted by atomic mass is 10.2. The van der Waals surface area contributed by atoms with Gasteiger partial charge in [0.2, 0.25) is 10.0 Å². The Morgan fingerprint density at radius 1 is 1.62 bits per heavy atom. The van der Waals surface area contributed by atoms with Crippen LogP contribution in [0.2, 0.25) is 0 Å². The van der Waals surface area contributed by atoms with Gasteiger partial charge in [0.25, 0.3) is 0 Å². The topological polar surface area (TPSA) is 58.2 Å². The molecule has 0 amide bonds. The van der Waals surface area contributed by atoms with Gasteiger partial charge in [-0.2, -0.15) is 0 Å². The van der Waals surface area contributed by atoms with Crippen LogP contribution in [0.4, 0.5) is 0 Å². The molecule has 1 saturated heterocycles. The first-order valence-electron chi connectivity index (χ1n) is 4.47. The van der Waals surface area contributed by atoms with E-state index in [0.717, 1.165) is 19.4 Å². The van der Waals surface area contributed by atoms with Gasteiger partial charge in [0.15, 0.2) is 0 Å². The molecule has 0 radical (unpaired) electrons. The van der Waals surface area contributed by atoms with Crippen molar-refractivity contribution in [1.29, 1.82) is 0 Å². The van der Waals surface area contributed by atoms with Crippen molar-refractivity contribution in [3.63, 3.8) is 0 Å². The van der Waals surface area contributed by atoms with E-state index in [2.05, 4.69) is 16.6 Å². The summed E-state index contributed by atoms with van der Waals surface area (Å²) in [4.78, 5) is 0. The van der Waals surface area contributed by atoms with E-state index in [-0.39, 0.29) is 5.25 Å². The van der Waals surface area contributed by atoms with Crippen molar-refractivity contribution >= 4 is 10.0 Å². The van der Waals surface area contributed by atoms with Crippen molar-refractivity contribution in [3.05, 3.63) is 12.7 Å². The third kappa shape index (κ3) is 3.10. The van der Waals surface area contributed by atoms with Gasteiger partial charge >= 0.3 is 0 Å². The van der Waals surface area contributed by atoms with Crippen LogP contribution in [-0.4, -0.2) is 33.3 Å². The molecule has 0 bridgehead atoms. The average molecular weight is 204 g/mol. The lowest BCUT2D eigenvalue weighted by molar-refractivity contribution is 0.492. The van der Waals surface area contributed by atoms with E-state index in [9.17, 15) is 8.42 Å². The van der Waals surface area contributed by atoms with Crippen LogP contribution in [0, 0.1) is 0 Å². The lowest BCUT2D eigenvalue weighted by Gasteiger charge is -2.22. The van der Waals surface area contributed by atoms with Gasteiger partial charge in [-0.3, -0.25) is 0 Å². The van der Waals surface area contributed by atoms with Gasteiger partial charge in [-0.15, -0.1) is 6.58 Å². The monoisotopic (exact) mass is 204 g/mol. The van der Waals surface area contributed by atoms with Gasteiger partial charge in [-0.25, -0.2) is 13.1 Å². The number of nitrogens with one attached hydrogen (secondary N) is 2. The highest BCUT2D eigenvalue weighted by Gasteiger charge is 2.25. The van der Waals surface area contributed by atoms with Crippen molar-refractivity contribution in [1.82, 2.24) is 10.0 Å². The summed E-state index contributed by atoms with van der Waals surface area (Å²) in [6.45, 7) is 5.27. The molecule has 1 unspecified atom stereocenters. The highest BCUT2D eigenvalue weighted by atomic mass is 32.2. The summed E-state index contributed by atoms with van der Waals surface area (Å²) in [5, 5.41) is 2.80. The summed E-state index contributed by atoms with van der Waals surface area (Å²) >= 11 is 0. The zero-order chi connectivity index (χ0) is 9.73. The predicted octanol–water partition coefficient (Wildman–Crippen LogP) is -0.156. The molecule has 76 valence electrons. The minimum Gasteiger partial charge on any atom is -0.315 e. The smallest absolute Gasteiger partial charge is 0.216 e. The number of piperidine rings is 1. The first-order valence-corrected chi connectivity index (χ1v) is 6.01. The molecule has 1 aliphatic rings. The molecule has 0 spiro atoms. The lowest BCUT2D eigenvalue weighted by Crippen LogP contribution is -2.44. The Kier molecular flexibility index (Phi) is 3.90. The molecule has 4 nitrogen and oxygen atoms in total. The van der Waals surface area contributed by atoms with Crippen LogP contribution in [-0.2, 0) is 10.0 Å². The summed E-state index contributed by atoms with van der Waals surface area (Å²) in [5.41, 5.74) is 0. The second-order valence-electron chi connectivity index (χ2n) is 3.15. The number of hydrogen-bond acceptors (Lipinski definition) is 3. The molecular weight excluding hydrogens is 188 g/mol. The molecule has 0 aromatic heterocycles. The normalized spacial score (nSPS) is 24.2. The zero-order valence-electron chi connectivity index (χ0n) is 7.62. The number of hydrogen-bond donors (Lipinski definition) is 2. The van der Waals surface area contributed by atoms with Crippen LogP contribution in [0.25, 0.3) is 0 Å². The van der Waals surface area contributed by atoms with Crippen LogP contribution in [0.15, 0.2) is 12.7 Å². The fourth-order valence-corrected chi connectivity index (χ4v) is 2.78. The minimum atomic E-state index is -3.13. The maximum atomic E-state index is 11.5. The molecular formula is C8H16N2O2S. The van der Waals surface area contributed by atoms with Crippen LogP contribution in [0.5, 0.6) is 0 Å². The highest BCUT2D eigenvalue weighted by Crippen LogP contribution is 2.09. The van der Waals surface area contributed by atoms with E-state index in [1.165, 1.54) is 0 Å². The third-order valence-electron chi connectivity index (χ3n) is 2.12. The Morgan fingerprint density at radius 3 is 2.92 bits per heavy atom. The Labute approximate surface area is 79.5 Å². The molecule has 0 aromatic rings. The van der Waals surface area contributed by atoms with Gasteiger partial charge in [-0.05, 0) is 19.4 Å². The quantitative estimate of drug-likeness (QED) is 0.626. The molecule has 2 N–H and O–H groups in total. The van der Waals surface area contributed by atoms with Crippen molar-refractivity contribution < 1.29 is 8.42 Å². The third-order valence-corrected chi connectivity index (χ3v) is 3.97. The summed E-state index contributed by atoms with van der Waals surface area (Å²) < 4.78 is 25.6. The van der Waals surface area contributed by atoms with Crippen LogP contribution in [0.1, 0.15) is 12.8 Å². The first-order chi connectivity index (χ1) is 6.17. The number of sulfonamides is 1. The maximum absolute atomic E-state index is 11.5. The van der Waals surface area contributed by atoms with Gasteiger partial charge in [0.1, 0.15) is 0 Å². The van der Waals surface area contributed by atoms with Gasteiger partial charge < -0.3 is 5.32 Å². The van der Waals surface area contributed by atoms with Crippen molar-refractivity contribution in [2.45, 2.75) is 18.1 Å². The molecule has 5 heteroatoms. The van der Waals surface area contributed by atoms with Crippen molar-refractivity contribution in [3.8, 4) is 0 Å². The molecule has 1 rings (SSSR count). The molecule has 1 heterocycles. The summed E-state index contributed by atoms with van der Waals surface area (Å²) in [6, 6.07) is 0.